The summed E-state index contributed by atoms with van der Waals surface area (Å²) in [5.41, 5.74) is 1.95. The fourth-order valence-electron chi connectivity index (χ4n) is 2.68. The Morgan fingerprint density at radius 1 is 1.04 bits per heavy atom. The molecule has 0 unspecified atom stereocenters. The molecule has 0 radical (unpaired) electrons. The van der Waals surface area contributed by atoms with E-state index in [1.165, 1.54) is 17.5 Å². The van der Waals surface area contributed by atoms with E-state index in [0.29, 0.717) is 0 Å². The van der Waals surface area contributed by atoms with Gasteiger partial charge in [-0.25, -0.2) is 0 Å². The molecular formula is C21H31BO2. The first-order valence-corrected chi connectivity index (χ1v) is 9.12. The van der Waals surface area contributed by atoms with Crippen LogP contribution in [0.3, 0.4) is 0 Å². The molecule has 1 fully saturated rings. The van der Waals surface area contributed by atoms with Gasteiger partial charge in [-0.3, -0.25) is 0 Å². The number of allylic oxidation sites excluding steroid dienone is 3. The Hall–Kier alpha value is -1.32. The molecule has 3 heteroatoms. The second-order valence-electron chi connectivity index (χ2n) is 7.52. The molecule has 0 aromatic heterocycles. The monoisotopic (exact) mass is 326 g/mol. The number of benzene rings is 1. The summed E-state index contributed by atoms with van der Waals surface area (Å²) < 4.78 is 12.4. The predicted octanol–water partition coefficient (Wildman–Crippen LogP) is 5.84. The molecule has 2 rings (SSSR count). The van der Waals surface area contributed by atoms with Gasteiger partial charge < -0.3 is 9.31 Å². The predicted molar refractivity (Wildman–Crippen MR) is 104 cm³/mol. The van der Waals surface area contributed by atoms with E-state index in [4.69, 9.17) is 9.31 Å². The molecular weight excluding hydrogens is 295 g/mol. The molecule has 0 N–H and O–H groups in total. The lowest BCUT2D eigenvalue weighted by molar-refractivity contribution is 0.00578. The molecule has 2 nitrogen and oxygen atoms in total. The highest BCUT2D eigenvalue weighted by Gasteiger charge is 2.52. The lowest BCUT2D eigenvalue weighted by Gasteiger charge is -2.32. The quantitative estimate of drug-likeness (QED) is 0.586. The molecule has 1 aromatic carbocycles. The number of unbranched alkanes of at least 4 members (excludes halogenated alkanes) is 1. The average molecular weight is 326 g/mol. The topological polar surface area (TPSA) is 18.5 Å². The van der Waals surface area contributed by atoms with Crippen LogP contribution in [0.1, 0.15) is 65.9 Å². The van der Waals surface area contributed by atoms with Gasteiger partial charge in [0.2, 0.25) is 0 Å². The lowest BCUT2D eigenvalue weighted by atomic mass is 9.75. The van der Waals surface area contributed by atoms with E-state index in [2.05, 4.69) is 77.1 Å². The summed E-state index contributed by atoms with van der Waals surface area (Å²) in [4.78, 5) is 0. The summed E-state index contributed by atoms with van der Waals surface area (Å²) >= 11 is 0. The molecule has 1 aliphatic heterocycles. The van der Waals surface area contributed by atoms with Crippen molar-refractivity contribution in [1.29, 1.82) is 0 Å². The van der Waals surface area contributed by atoms with E-state index in [1.54, 1.807) is 0 Å². The first-order valence-electron chi connectivity index (χ1n) is 9.12. The molecule has 0 saturated carbocycles. The highest BCUT2D eigenvalue weighted by Crippen LogP contribution is 2.39. The second kappa shape index (κ2) is 8.18. The van der Waals surface area contributed by atoms with Gasteiger partial charge in [-0.15, -0.1) is 0 Å². The van der Waals surface area contributed by atoms with Crippen LogP contribution in [-0.2, 0) is 9.31 Å². The van der Waals surface area contributed by atoms with Crippen molar-refractivity contribution in [2.75, 3.05) is 0 Å². The Balaban J connectivity index is 2.04. The lowest BCUT2D eigenvalue weighted by Crippen LogP contribution is -2.41. The Kier molecular flexibility index (Phi) is 6.48. The molecule has 130 valence electrons. The van der Waals surface area contributed by atoms with Gasteiger partial charge in [0.1, 0.15) is 0 Å². The maximum Gasteiger partial charge on any atom is 0.490 e. The summed E-state index contributed by atoms with van der Waals surface area (Å²) in [6.07, 6.45) is 10.9. The minimum absolute atomic E-state index is 0.216. The zero-order valence-electron chi connectivity index (χ0n) is 15.8. The van der Waals surface area contributed by atoms with E-state index in [-0.39, 0.29) is 18.3 Å². The van der Waals surface area contributed by atoms with Crippen LogP contribution in [0.2, 0.25) is 0 Å². The minimum atomic E-state index is -0.275. The van der Waals surface area contributed by atoms with E-state index in [1.807, 2.05) is 6.07 Å². The highest BCUT2D eigenvalue weighted by molar-refractivity contribution is 6.54. The third-order valence-corrected chi connectivity index (χ3v) is 5.00. The summed E-state index contributed by atoms with van der Waals surface area (Å²) in [6.45, 7) is 10.7. The minimum Gasteiger partial charge on any atom is -0.400 e. The standard InChI is InChI=1S/C21H31BO2/c1-6-7-16-19(22-23-20(2,3)21(4,5)24-22)17-12-11-15-18-13-9-8-10-14-18/h8-11,13-15,17H,6-7,12,16H2,1-5H3/b15-11+,19-17-. The molecule has 1 aromatic rings. The third kappa shape index (κ3) is 4.84. The van der Waals surface area contributed by atoms with Crippen LogP contribution in [-0.4, -0.2) is 18.3 Å². The number of hydrogen-bond donors (Lipinski definition) is 0. The zero-order chi connectivity index (χ0) is 17.6. The van der Waals surface area contributed by atoms with Crippen molar-refractivity contribution in [3.05, 3.63) is 53.5 Å². The third-order valence-electron chi connectivity index (χ3n) is 5.00. The van der Waals surface area contributed by atoms with Crippen molar-refractivity contribution >= 4 is 13.2 Å². The Morgan fingerprint density at radius 3 is 2.25 bits per heavy atom. The highest BCUT2D eigenvalue weighted by atomic mass is 16.7. The van der Waals surface area contributed by atoms with Crippen molar-refractivity contribution in [3.63, 3.8) is 0 Å². The molecule has 0 amide bonds. The van der Waals surface area contributed by atoms with Gasteiger partial charge in [0.15, 0.2) is 0 Å². The molecule has 0 atom stereocenters. The van der Waals surface area contributed by atoms with Crippen LogP contribution in [0.15, 0.2) is 48.0 Å². The van der Waals surface area contributed by atoms with Gasteiger partial charge in [-0.2, -0.15) is 0 Å². The summed E-state index contributed by atoms with van der Waals surface area (Å²) in [5.74, 6) is 0. The molecule has 24 heavy (non-hydrogen) atoms. The van der Waals surface area contributed by atoms with Crippen LogP contribution in [0.5, 0.6) is 0 Å². The molecule has 0 spiro atoms. The normalized spacial score (nSPS) is 20.0. The second-order valence-corrected chi connectivity index (χ2v) is 7.52. The Bertz CT molecular complexity index is 557. The van der Waals surface area contributed by atoms with Crippen molar-refractivity contribution in [2.45, 2.75) is 71.5 Å². The van der Waals surface area contributed by atoms with Crippen LogP contribution >= 0.6 is 0 Å². The van der Waals surface area contributed by atoms with E-state index < -0.39 is 0 Å². The van der Waals surface area contributed by atoms with Crippen molar-refractivity contribution in [3.8, 4) is 0 Å². The molecule has 0 aliphatic carbocycles. The van der Waals surface area contributed by atoms with E-state index in [9.17, 15) is 0 Å². The first-order chi connectivity index (χ1) is 11.4. The van der Waals surface area contributed by atoms with Crippen LogP contribution in [0, 0.1) is 0 Å². The molecule has 1 aliphatic rings. The van der Waals surface area contributed by atoms with Gasteiger partial charge in [0, 0.05) is 0 Å². The Labute approximate surface area is 148 Å². The van der Waals surface area contributed by atoms with E-state index in [0.717, 1.165) is 19.3 Å². The molecule has 1 heterocycles. The fourth-order valence-corrected chi connectivity index (χ4v) is 2.68. The van der Waals surface area contributed by atoms with Crippen LogP contribution < -0.4 is 0 Å². The maximum absolute atomic E-state index is 6.22. The summed E-state index contributed by atoms with van der Waals surface area (Å²) in [7, 11) is -0.216. The van der Waals surface area contributed by atoms with Crippen molar-refractivity contribution in [2.24, 2.45) is 0 Å². The largest absolute Gasteiger partial charge is 0.490 e. The van der Waals surface area contributed by atoms with Crippen molar-refractivity contribution in [1.82, 2.24) is 0 Å². The Morgan fingerprint density at radius 2 is 1.67 bits per heavy atom. The fraction of sp³-hybridized carbons (Fsp3) is 0.524. The van der Waals surface area contributed by atoms with Gasteiger partial charge >= 0.3 is 7.12 Å². The van der Waals surface area contributed by atoms with Gasteiger partial charge in [0.05, 0.1) is 11.2 Å². The first kappa shape index (κ1) is 19.0. The van der Waals surface area contributed by atoms with Crippen LogP contribution in [0.25, 0.3) is 6.08 Å². The number of hydrogen-bond acceptors (Lipinski definition) is 2. The summed E-state index contributed by atoms with van der Waals surface area (Å²) in [5, 5.41) is 0. The SMILES string of the molecule is CCCC/C(=C/C/C=C/c1ccccc1)B1OC(C)(C)C(C)(C)O1. The van der Waals surface area contributed by atoms with Crippen molar-refractivity contribution < 1.29 is 9.31 Å². The average Bonchev–Trinajstić information content (AvgIpc) is 2.75. The summed E-state index contributed by atoms with van der Waals surface area (Å²) in [6, 6.07) is 10.4. The van der Waals surface area contributed by atoms with E-state index >= 15 is 0 Å². The van der Waals surface area contributed by atoms with Gasteiger partial charge in [-0.1, -0.05) is 68.3 Å². The maximum atomic E-state index is 6.22. The van der Waals surface area contributed by atoms with Gasteiger partial charge in [0.25, 0.3) is 0 Å². The molecule has 1 saturated heterocycles. The van der Waals surface area contributed by atoms with Gasteiger partial charge in [-0.05, 0) is 51.6 Å². The zero-order valence-corrected chi connectivity index (χ0v) is 15.8. The molecule has 0 bridgehead atoms. The van der Waals surface area contributed by atoms with Crippen LogP contribution in [0.4, 0.5) is 0 Å². The smallest absolute Gasteiger partial charge is 0.400 e. The number of rotatable bonds is 7.